The van der Waals surface area contributed by atoms with Crippen LogP contribution in [0, 0.1) is 12.8 Å². The lowest BCUT2D eigenvalue weighted by atomic mass is 9.97. The number of carbonyl (C=O) groups is 1. The van der Waals surface area contributed by atoms with Gasteiger partial charge in [-0.3, -0.25) is 4.79 Å². The maximum Gasteiger partial charge on any atom is 0.433 e. The monoisotopic (exact) mass is 458 g/mol. The molecule has 2 N–H and O–H groups in total. The predicted molar refractivity (Wildman–Crippen MR) is 115 cm³/mol. The predicted octanol–water partition coefficient (Wildman–Crippen LogP) is 4.31. The second-order valence-corrected chi connectivity index (χ2v) is 7.85. The van der Waals surface area contributed by atoms with Crippen LogP contribution >= 0.6 is 0 Å². The van der Waals surface area contributed by atoms with Crippen LogP contribution in [0.25, 0.3) is 11.3 Å². The topological polar surface area (TPSA) is 104 Å². The first kappa shape index (κ1) is 22.4. The first-order chi connectivity index (χ1) is 15.7. The molecule has 3 heterocycles. The molecule has 11 heteroatoms. The number of anilines is 3. The van der Waals surface area contributed by atoms with Gasteiger partial charge in [0.05, 0.1) is 11.6 Å². The van der Waals surface area contributed by atoms with E-state index < -0.39 is 17.8 Å². The smallest absolute Gasteiger partial charge is 0.433 e. The Bertz CT molecular complexity index is 1150. The van der Waals surface area contributed by atoms with Crippen molar-refractivity contribution < 1.29 is 23.1 Å². The van der Waals surface area contributed by atoms with Gasteiger partial charge in [0.25, 0.3) is 0 Å². The summed E-state index contributed by atoms with van der Waals surface area (Å²) < 4.78 is 38.7. The average molecular weight is 458 g/mol. The zero-order chi connectivity index (χ0) is 23.6. The van der Waals surface area contributed by atoms with Gasteiger partial charge in [-0.05, 0) is 61.7 Å². The van der Waals surface area contributed by atoms with Crippen molar-refractivity contribution in [3.63, 3.8) is 0 Å². The van der Waals surface area contributed by atoms with Gasteiger partial charge in [0.2, 0.25) is 5.95 Å². The summed E-state index contributed by atoms with van der Waals surface area (Å²) in [5, 5.41) is 20.5. The molecule has 0 atom stereocenters. The second kappa shape index (κ2) is 9.00. The van der Waals surface area contributed by atoms with Crippen molar-refractivity contribution in [2.24, 2.45) is 5.92 Å². The van der Waals surface area contributed by atoms with Crippen molar-refractivity contribution >= 4 is 23.4 Å². The van der Waals surface area contributed by atoms with E-state index in [2.05, 4.69) is 25.5 Å². The molecular formula is C22H21F3N6O2. The van der Waals surface area contributed by atoms with Crippen LogP contribution in [0.15, 0.2) is 42.6 Å². The van der Waals surface area contributed by atoms with Gasteiger partial charge >= 0.3 is 12.1 Å². The van der Waals surface area contributed by atoms with Crippen LogP contribution in [-0.4, -0.2) is 44.3 Å². The molecule has 1 fully saturated rings. The number of aryl methyl sites for hydroxylation is 1. The lowest BCUT2D eigenvalue weighted by molar-refractivity contribution is -0.142. The van der Waals surface area contributed by atoms with Gasteiger partial charge < -0.3 is 15.3 Å². The molecule has 1 aromatic carbocycles. The van der Waals surface area contributed by atoms with Gasteiger partial charge in [-0.25, -0.2) is 9.97 Å². The van der Waals surface area contributed by atoms with Crippen molar-refractivity contribution in [3.8, 4) is 11.3 Å². The highest BCUT2D eigenvalue weighted by molar-refractivity contribution is 5.71. The van der Waals surface area contributed by atoms with Crippen LogP contribution in [0.2, 0.25) is 0 Å². The summed E-state index contributed by atoms with van der Waals surface area (Å²) in [5.74, 6) is -0.582. The Hall–Kier alpha value is -3.76. The summed E-state index contributed by atoms with van der Waals surface area (Å²) >= 11 is 0. The minimum atomic E-state index is -4.56. The van der Waals surface area contributed by atoms with Gasteiger partial charge in [-0.2, -0.15) is 13.2 Å². The number of carboxylic acids is 1. The Kier molecular flexibility index (Phi) is 6.12. The Morgan fingerprint density at radius 3 is 2.52 bits per heavy atom. The fourth-order valence-corrected chi connectivity index (χ4v) is 3.71. The van der Waals surface area contributed by atoms with Gasteiger partial charge in [0.15, 0.2) is 5.82 Å². The number of rotatable bonds is 5. The summed E-state index contributed by atoms with van der Waals surface area (Å²) in [5.41, 5.74) is 1.68. The van der Waals surface area contributed by atoms with E-state index in [9.17, 15) is 18.0 Å². The number of halogens is 3. The quantitative estimate of drug-likeness (QED) is 0.583. The van der Waals surface area contributed by atoms with Crippen LogP contribution in [0.3, 0.4) is 0 Å². The molecule has 0 saturated carbocycles. The van der Waals surface area contributed by atoms with E-state index in [0.717, 1.165) is 23.4 Å². The first-order valence-corrected chi connectivity index (χ1v) is 10.3. The average Bonchev–Trinajstić information content (AvgIpc) is 2.78. The number of piperidine rings is 1. The second-order valence-electron chi connectivity index (χ2n) is 7.85. The summed E-state index contributed by atoms with van der Waals surface area (Å²) in [7, 11) is 0. The SMILES string of the molecule is Cc1cc(Nc2nccc(C(F)(F)F)n2)cc(-c2ccc(N3CCC(C(=O)O)CC3)nn2)c1. The molecule has 0 amide bonds. The molecule has 0 bridgehead atoms. The largest absolute Gasteiger partial charge is 0.481 e. The van der Waals surface area contributed by atoms with Crippen molar-refractivity contribution in [2.45, 2.75) is 25.9 Å². The molecular weight excluding hydrogens is 437 g/mol. The highest BCUT2D eigenvalue weighted by Gasteiger charge is 2.32. The van der Waals surface area contributed by atoms with Gasteiger partial charge in [0.1, 0.15) is 5.69 Å². The molecule has 0 unspecified atom stereocenters. The number of aliphatic carboxylic acids is 1. The van der Waals surface area contributed by atoms with Crippen molar-refractivity contribution in [3.05, 3.63) is 53.9 Å². The summed E-state index contributed by atoms with van der Waals surface area (Å²) in [4.78, 5) is 20.5. The number of hydrogen-bond acceptors (Lipinski definition) is 7. The zero-order valence-corrected chi connectivity index (χ0v) is 17.7. The molecule has 2 aromatic heterocycles. The van der Waals surface area contributed by atoms with E-state index in [1.807, 2.05) is 30.0 Å². The first-order valence-electron chi connectivity index (χ1n) is 10.3. The van der Waals surface area contributed by atoms with Crippen LogP contribution in [0.4, 0.5) is 30.6 Å². The zero-order valence-electron chi connectivity index (χ0n) is 17.7. The van der Waals surface area contributed by atoms with Crippen molar-refractivity contribution in [2.75, 3.05) is 23.3 Å². The van der Waals surface area contributed by atoms with Crippen LogP contribution in [-0.2, 0) is 11.0 Å². The number of benzene rings is 1. The van der Waals surface area contributed by atoms with Gasteiger partial charge in [-0.1, -0.05) is 0 Å². The fraction of sp³-hybridized carbons (Fsp3) is 0.318. The molecule has 1 aliphatic rings. The molecule has 1 aliphatic heterocycles. The number of nitrogens with one attached hydrogen (secondary N) is 1. The number of hydrogen-bond donors (Lipinski definition) is 2. The van der Waals surface area contributed by atoms with E-state index in [1.165, 1.54) is 0 Å². The number of carboxylic acid groups (broad SMARTS) is 1. The normalized spacial score (nSPS) is 14.8. The summed E-state index contributed by atoms with van der Waals surface area (Å²) in [6.07, 6.45) is -2.39. The van der Waals surface area contributed by atoms with Crippen LogP contribution in [0.5, 0.6) is 0 Å². The van der Waals surface area contributed by atoms with Crippen LogP contribution in [0.1, 0.15) is 24.1 Å². The molecule has 33 heavy (non-hydrogen) atoms. The number of nitrogens with zero attached hydrogens (tertiary/aromatic N) is 5. The summed E-state index contributed by atoms with van der Waals surface area (Å²) in [6.45, 7) is 3.05. The van der Waals surface area contributed by atoms with E-state index >= 15 is 0 Å². The third-order valence-electron chi connectivity index (χ3n) is 5.39. The Morgan fingerprint density at radius 2 is 1.88 bits per heavy atom. The Balaban J connectivity index is 1.51. The highest BCUT2D eigenvalue weighted by Crippen LogP contribution is 2.29. The number of aromatic nitrogens is 4. The maximum atomic E-state index is 12.9. The molecule has 4 rings (SSSR count). The van der Waals surface area contributed by atoms with Crippen LogP contribution < -0.4 is 10.2 Å². The van der Waals surface area contributed by atoms with Crippen molar-refractivity contribution in [1.29, 1.82) is 0 Å². The van der Waals surface area contributed by atoms with E-state index in [1.54, 1.807) is 12.1 Å². The molecule has 0 aliphatic carbocycles. The maximum absolute atomic E-state index is 12.9. The van der Waals surface area contributed by atoms with E-state index in [-0.39, 0.29) is 11.9 Å². The lowest BCUT2D eigenvalue weighted by Crippen LogP contribution is -2.36. The minimum Gasteiger partial charge on any atom is -0.481 e. The molecule has 0 radical (unpaired) electrons. The van der Waals surface area contributed by atoms with Gasteiger partial charge in [-0.15, -0.1) is 10.2 Å². The standard InChI is InChI=1S/C22H21F3N6O2/c1-13-10-15(12-16(11-13)27-21-26-7-4-18(28-21)22(23,24)25)17-2-3-19(30-29-17)31-8-5-14(6-9-31)20(32)33/h2-4,7,10-12,14H,5-6,8-9H2,1H3,(H,32,33)(H,26,27,28). The number of alkyl halides is 3. The Labute approximate surface area is 187 Å². The molecule has 172 valence electrons. The van der Waals surface area contributed by atoms with Crippen molar-refractivity contribution in [1.82, 2.24) is 20.2 Å². The highest BCUT2D eigenvalue weighted by atomic mass is 19.4. The summed E-state index contributed by atoms with van der Waals surface area (Å²) in [6, 6.07) is 9.84. The Morgan fingerprint density at radius 1 is 1.12 bits per heavy atom. The third kappa shape index (κ3) is 5.36. The van der Waals surface area contributed by atoms with E-state index in [4.69, 9.17) is 5.11 Å². The molecule has 8 nitrogen and oxygen atoms in total. The molecule has 3 aromatic rings. The fourth-order valence-electron chi connectivity index (χ4n) is 3.71. The minimum absolute atomic E-state index is 0.160. The van der Waals surface area contributed by atoms with Gasteiger partial charge in [0, 0.05) is 30.5 Å². The molecule has 1 saturated heterocycles. The molecule has 0 spiro atoms. The van der Waals surface area contributed by atoms with E-state index in [0.29, 0.717) is 43.1 Å². The lowest BCUT2D eigenvalue weighted by Gasteiger charge is -2.30. The third-order valence-corrected chi connectivity index (χ3v) is 5.39.